The number of rotatable bonds is 3. The minimum atomic E-state index is -0.270. The highest BCUT2D eigenvalue weighted by molar-refractivity contribution is 7.71. The van der Waals surface area contributed by atoms with Gasteiger partial charge in [0.1, 0.15) is 5.69 Å². The third kappa shape index (κ3) is 2.20. The molecule has 2 aromatic rings. The average molecular weight is 263 g/mol. The Morgan fingerprint density at radius 3 is 2.67 bits per heavy atom. The van der Waals surface area contributed by atoms with E-state index in [4.69, 9.17) is 17.1 Å². The molecule has 0 spiro atoms. The number of amides is 1. The summed E-state index contributed by atoms with van der Waals surface area (Å²) in [4.78, 5) is 19.9. The Morgan fingerprint density at radius 2 is 2.06 bits per heavy atom. The van der Waals surface area contributed by atoms with Crippen LogP contribution in [0.3, 0.4) is 0 Å². The standard InChI is InChI=1S/C12H13N3O2S/c1-14(17-2)11(16)10-8-13-12(18)15(10)9-6-4-3-5-7-9/h3-8H,1-2H3,(H,13,18). The molecule has 0 radical (unpaired) electrons. The molecule has 1 aromatic carbocycles. The van der Waals surface area contributed by atoms with Crippen molar-refractivity contribution >= 4 is 18.1 Å². The third-order valence-electron chi connectivity index (χ3n) is 2.57. The summed E-state index contributed by atoms with van der Waals surface area (Å²) in [6, 6.07) is 9.44. The largest absolute Gasteiger partial charge is 0.336 e. The first-order valence-electron chi connectivity index (χ1n) is 5.33. The molecule has 0 atom stereocenters. The molecular formula is C12H13N3O2S. The molecule has 0 bridgehead atoms. The number of H-pyrrole nitrogens is 1. The van der Waals surface area contributed by atoms with Crippen LogP contribution in [0, 0.1) is 4.77 Å². The second kappa shape index (κ2) is 5.16. The van der Waals surface area contributed by atoms with Crippen LogP contribution in [0.4, 0.5) is 0 Å². The topological polar surface area (TPSA) is 50.3 Å². The molecule has 0 saturated carbocycles. The summed E-state index contributed by atoms with van der Waals surface area (Å²) in [5.41, 5.74) is 1.26. The van der Waals surface area contributed by atoms with Crippen LogP contribution in [0.2, 0.25) is 0 Å². The van der Waals surface area contributed by atoms with Gasteiger partial charge in [-0.05, 0) is 24.4 Å². The molecule has 0 fully saturated rings. The van der Waals surface area contributed by atoms with Crippen molar-refractivity contribution in [3.05, 3.63) is 47.0 Å². The molecule has 5 nitrogen and oxygen atoms in total. The molecule has 1 N–H and O–H groups in total. The number of carbonyl (C=O) groups is 1. The van der Waals surface area contributed by atoms with Gasteiger partial charge in [0.05, 0.1) is 7.11 Å². The average Bonchev–Trinajstić information content (AvgIpc) is 2.79. The van der Waals surface area contributed by atoms with Crippen LogP contribution in [0.15, 0.2) is 36.5 Å². The lowest BCUT2D eigenvalue weighted by Crippen LogP contribution is -2.27. The zero-order valence-electron chi connectivity index (χ0n) is 10.1. The monoisotopic (exact) mass is 263 g/mol. The van der Waals surface area contributed by atoms with Gasteiger partial charge in [0, 0.05) is 18.9 Å². The van der Waals surface area contributed by atoms with Crippen molar-refractivity contribution in [2.45, 2.75) is 0 Å². The maximum Gasteiger partial charge on any atom is 0.295 e. The Labute approximate surface area is 110 Å². The molecule has 0 aliphatic rings. The van der Waals surface area contributed by atoms with E-state index in [0.29, 0.717) is 10.5 Å². The van der Waals surface area contributed by atoms with Crippen molar-refractivity contribution in [2.24, 2.45) is 0 Å². The number of imidazole rings is 1. The summed E-state index contributed by atoms with van der Waals surface area (Å²) in [5.74, 6) is -0.270. The molecule has 0 saturated heterocycles. The van der Waals surface area contributed by atoms with Gasteiger partial charge in [0.25, 0.3) is 5.91 Å². The first kappa shape index (κ1) is 12.5. The van der Waals surface area contributed by atoms with E-state index in [0.717, 1.165) is 10.8 Å². The first-order chi connectivity index (χ1) is 8.65. The van der Waals surface area contributed by atoms with E-state index < -0.39 is 0 Å². The van der Waals surface area contributed by atoms with Gasteiger partial charge in [-0.15, -0.1) is 0 Å². The quantitative estimate of drug-likeness (QED) is 0.682. The summed E-state index contributed by atoms with van der Waals surface area (Å²) in [5, 5.41) is 1.15. The zero-order chi connectivity index (χ0) is 13.1. The number of aromatic amines is 1. The van der Waals surface area contributed by atoms with Crippen LogP contribution >= 0.6 is 12.2 Å². The number of aromatic nitrogens is 2. The van der Waals surface area contributed by atoms with E-state index in [1.807, 2.05) is 30.3 Å². The van der Waals surface area contributed by atoms with E-state index in [-0.39, 0.29) is 5.91 Å². The normalized spacial score (nSPS) is 10.3. The number of hydrogen-bond donors (Lipinski definition) is 1. The van der Waals surface area contributed by atoms with Crippen molar-refractivity contribution in [2.75, 3.05) is 14.2 Å². The highest BCUT2D eigenvalue weighted by atomic mass is 32.1. The van der Waals surface area contributed by atoms with Gasteiger partial charge >= 0.3 is 0 Å². The molecule has 1 amide bonds. The highest BCUT2D eigenvalue weighted by Gasteiger charge is 2.17. The third-order valence-corrected chi connectivity index (χ3v) is 2.87. The predicted molar refractivity (Wildman–Crippen MR) is 70.1 cm³/mol. The number of hydroxylamine groups is 2. The second-order valence-corrected chi connectivity index (χ2v) is 4.02. The van der Waals surface area contributed by atoms with Gasteiger partial charge in [-0.2, -0.15) is 0 Å². The van der Waals surface area contributed by atoms with Crippen molar-refractivity contribution in [1.82, 2.24) is 14.6 Å². The molecule has 0 aliphatic carbocycles. The predicted octanol–water partition coefficient (Wildman–Crippen LogP) is 2.17. The Bertz CT molecular complexity index is 603. The van der Waals surface area contributed by atoms with Gasteiger partial charge < -0.3 is 4.98 Å². The SMILES string of the molecule is CON(C)C(=O)c1c[nH]c(=S)n1-c1ccccc1. The van der Waals surface area contributed by atoms with E-state index in [1.165, 1.54) is 7.11 Å². The Hall–Kier alpha value is -1.92. The molecule has 6 heteroatoms. The lowest BCUT2D eigenvalue weighted by molar-refractivity contribution is -0.0761. The first-order valence-corrected chi connectivity index (χ1v) is 5.74. The number of hydrogen-bond acceptors (Lipinski definition) is 3. The summed E-state index contributed by atoms with van der Waals surface area (Å²) < 4.78 is 2.14. The fourth-order valence-electron chi connectivity index (χ4n) is 1.60. The van der Waals surface area contributed by atoms with Gasteiger partial charge in [-0.25, -0.2) is 5.06 Å². The van der Waals surface area contributed by atoms with E-state index in [1.54, 1.807) is 17.8 Å². The zero-order valence-corrected chi connectivity index (χ0v) is 10.9. The molecule has 1 aromatic heterocycles. The highest BCUT2D eigenvalue weighted by Crippen LogP contribution is 2.13. The van der Waals surface area contributed by atoms with E-state index in [2.05, 4.69) is 4.98 Å². The number of para-hydroxylation sites is 1. The number of nitrogens with one attached hydrogen (secondary N) is 1. The summed E-state index contributed by atoms with van der Waals surface area (Å²) >= 11 is 5.19. The van der Waals surface area contributed by atoms with Crippen LogP contribution in [-0.4, -0.2) is 34.7 Å². The lowest BCUT2D eigenvalue weighted by atomic mass is 10.3. The smallest absolute Gasteiger partial charge is 0.295 e. The van der Waals surface area contributed by atoms with Crippen molar-refractivity contribution in [3.63, 3.8) is 0 Å². The van der Waals surface area contributed by atoms with E-state index in [9.17, 15) is 4.79 Å². The fourth-order valence-corrected chi connectivity index (χ4v) is 1.87. The lowest BCUT2D eigenvalue weighted by Gasteiger charge is -2.14. The van der Waals surface area contributed by atoms with Gasteiger partial charge in [0.15, 0.2) is 4.77 Å². The maximum absolute atomic E-state index is 12.1. The minimum Gasteiger partial charge on any atom is -0.336 e. The van der Waals surface area contributed by atoms with Gasteiger partial charge in [0.2, 0.25) is 0 Å². The minimum absolute atomic E-state index is 0.270. The summed E-state index contributed by atoms with van der Waals surface area (Å²) in [6.07, 6.45) is 1.58. The van der Waals surface area contributed by atoms with Crippen LogP contribution in [0.25, 0.3) is 5.69 Å². The molecule has 0 unspecified atom stereocenters. The Morgan fingerprint density at radius 1 is 1.39 bits per heavy atom. The van der Waals surface area contributed by atoms with E-state index >= 15 is 0 Å². The fraction of sp³-hybridized carbons (Fsp3) is 0.167. The molecular weight excluding hydrogens is 250 g/mol. The van der Waals surface area contributed by atoms with Crippen LogP contribution in [0.1, 0.15) is 10.5 Å². The summed E-state index contributed by atoms with van der Waals surface area (Å²) in [6.45, 7) is 0. The number of benzene rings is 1. The molecule has 2 rings (SSSR count). The van der Waals surface area contributed by atoms with Crippen molar-refractivity contribution in [1.29, 1.82) is 0 Å². The molecule has 18 heavy (non-hydrogen) atoms. The molecule has 0 aliphatic heterocycles. The van der Waals surface area contributed by atoms with Crippen LogP contribution in [-0.2, 0) is 4.84 Å². The van der Waals surface area contributed by atoms with Gasteiger partial charge in [-0.1, -0.05) is 18.2 Å². The Balaban J connectivity index is 2.53. The van der Waals surface area contributed by atoms with Gasteiger partial charge in [-0.3, -0.25) is 14.2 Å². The molecule has 1 heterocycles. The van der Waals surface area contributed by atoms with Crippen molar-refractivity contribution in [3.8, 4) is 5.69 Å². The van der Waals surface area contributed by atoms with Crippen molar-refractivity contribution < 1.29 is 9.63 Å². The Kier molecular flexibility index (Phi) is 3.59. The second-order valence-electron chi connectivity index (χ2n) is 3.64. The van der Waals surface area contributed by atoms with Crippen LogP contribution < -0.4 is 0 Å². The summed E-state index contributed by atoms with van der Waals surface area (Å²) in [7, 11) is 2.99. The van der Waals surface area contributed by atoms with Crippen LogP contribution in [0.5, 0.6) is 0 Å². The maximum atomic E-state index is 12.1. The number of carbonyl (C=O) groups excluding carboxylic acids is 1. The number of nitrogens with zero attached hydrogens (tertiary/aromatic N) is 2. The molecule has 94 valence electrons.